The highest BCUT2D eigenvalue weighted by Gasteiger charge is 2.20. The molecule has 100 valence electrons. The predicted octanol–water partition coefficient (Wildman–Crippen LogP) is 2.31. The molecule has 2 rings (SSSR count). The third-order valence-electron chi connectivity index (χ3n) is 3.98. The Hall–Kier alpha value is -1.06. The van der Waals surface area contributed by atoms with E-state index in [2.05, 4.69) is 37.3 Å². The Kier molecular flexibility index (Phi) is 4.25. The number of hydrogen-bond acceptors (Lipinski definition) is 3. The van der Waals surface area contributed by atoms with Crippen molar-refractivity contribution in [1.29, 1.82) is 0 Å². The van der Waals surface area contributed by atoms with Crippen LogP contribution in [0.5, 0.6) is 5.75 Å². The van der Waals surface area contributed by atoms with Gasteiger partial charge in [-0.2, -0.15) is 0 Å². The molecule has 2 unspecified atom stereocenters. The second-order valence-corrected chi connectivity index (χ2v) is 5.55. The van der Waals surface area contributed by atoms with Gasteiger partial charge in [0.2, 0.25) is 0 Å². The van der Waals surface area contributed by atoms with Gasteiger partial charge in [0.25, 0.3) is 0 Å². The molecule has 0 aliphatic heterocycles. The van der Waals surface area contributed by atoms with E-state index in [1.807, 2.05) is 6.07 Å². The first kappa shape index (κ1) is 13.4. The van der Waals surface area contributed by atoms with Crippen molar-refractivity contribution in [2.75, 3.05) is 20.6 Å². The zero-order valence-corrected chi connectivity index (χ0v) is 11.6. The number of phenols is 1. The van der Waals surface area contributed by atoms with E-state index in [1.165, 1.54) is 17.5 Å². The molecule has 1 aliphatic rings. The Balaban J connectivity index is 2.05. The normalized spacial score (nSPS) is 20.8. The number of fused-ring (bicyclic) bond motifs is 1. The molecule has 2 atom stereocenters. The van der Waals surface area contributed by atoms with Crippen molar-refractivity contribution in [2.45, 2.75) is 38.3 Å². The Bertz CT molecular complexity index is 403. The molecule has 1 aromatic carbocycles. The standard InChI is InChI=1S/C15H24N2O/c1-11(17(2)3)10-16-15-6-4-5-12-7-8-13(18)9-14(12)15/h7-9,11,15-16,18H,4-6,10H2,1-3H3. The van der Waals surface area contributed by atoms with Crippen LogP contribution in [-0.2, 0) is 6.42 Å². The number of likely N-dealkylation sites (N-methyl/N-ethyl adjacent to an activating group) is 1. The lowest BCUT2D eigenvalue weighted by atomic mass is 9.87. The molecular weight excluding hydrogens is 224 g/mol. The van der Waals surface area contributed by atoms with Crippen molar-refractivity contribution < 1.29 is 5.11 Å². The highest BCUT2D eigenvalue weighted by molar-refractivity contribution is 5.38. The van der Waals surface area contributed by atoms with E-state index in [9.17, 15) is 5.11 Å². The fourth-order valence-corrected chi connectivity index (χ4v) is 2.49. The molecule has 0 saturated carbocycles. The largest absolute Gasteiger partial charge is 0.508 e. The number of phenolic OH excluding ortho intramolecular Hbond substituents is 1. The molecule has 0 heterocycles. The quantitative estimate of drug-likeness (QED) is 0.858. The van der Waals surface area contributed by atoms with Crippen LogP contribution in [0.15, 0.2) is 18.2 Å². The Morgan fingerprint density at radius 1 is 1.44 bits per heavy atom. The number of aromatic hydroxyl groups is 1. The molecule has 3 heteroatoms. The number of hydrogen-bond donors (Lipinski definition) is 2. The van der Waals surface area contributed by atoms with Gasteiger partial charge in [-0.3, -0.25) is 0 Å². The lowest BCUT2D eigenvalue weighted by Gasteiger charge is -2.29. The summed E-state index contributed by atoms with van der Waals surface area (Å²) in [5, 5.41) is 13.3. The smallest absolute Gasteiger partial charge is 0.115 e. The molecule has 0 spiro atoms. The summed E-state index contributed by atoms with van der Waals surface area (Å²) in [5.41, 5.74) is 2.67. The summed E-state index contributed by atoms with van der Waals surface area (Å²) >= 11 is 0. The molecule has 2 N–H and O–H groups in total. The van der Waals surface area contributed by atoms with Gasteiger partial charge in [-0.25, -0.2) is 0 Å². The summed E-state index contributed by atoms with van der Waals surface area (Å²) in [6.45, 7) is 3.20. The van der Waals surface area contributed by atoms with E-state index in [1.54, 1.807) is 6.07 Å². The van der Waals surface area contributed by atoms with Gasteiger partial charge in [0, 0.05) is 18.6 Å². The van der Waals surface area contributed by atoms with Crippen LogP contribution < -0.4 is 5.32 Å². The van der Waals surface area contributed by atoms with Crippen molar-refractivity contribution in [3.05, 3.63) is 29.3 Å². The van der Waals surface area contributed by atoms with Gasteiger partial charge in [0.1, 0.15) is 5.75 Å². The fourth-order valence-electron chi connectivity index (χ4n) is 2.49. The zero-order valence-electron chi connectivity index (χ0n) is 11.6. The SMILES string of the molecule is CC(CNC1CCCc2ccc(O)cc21)N(C)C. The van der Waals surface area contributed by atoms with E-state index in [0.717, 1.165) is 19.4 Å². The number of nitrogens with one attached hydrogen (secondary N) is 1. The maximum absolute atomic E-state index is 9.64. The van der Waals surface area contributed by atoms with E-state index in [-0.39, 0.29) is 0 Å². The van der Waals surface area contributed by atoms with Gasteiger partial charge in [-0.15, -0.1) is 0 Å². The molecule has 0 saturated heterocycles. The van der Waals surface area contributed by atoms with Crippen LogP contribution in [0.3, 0.4) is 0 Å². The molecule has 1 aromatic rings. The monoisotopic (exact) mass is 248 g/mol. The number of aryl methyl sites for hydroxylation is 1. The highest BCUT2D eigenvalue weighted by atomic mass is 16.3. The van der Waals surface area contributed by atoms with Crippen molar-refractivity contribution in [3.63, 3.8) is 0 Å². The lowest BCUT2D eigenvalue weighted by Crippen LogP contribution is -2.38. The van der Waals surface area contributed by atoms with Gasteiger partial charge < -0.3 is 15.3 Å². The lowest BCUT2D eigenvalue weighted by molar-refractivity contribution is 0.288. The predicted molar refractivity (Wildman–Crippen MR) is 74.9 cm³/mol. The summed E-state index contributed by atoms with van der Waals surface area (Å²) in [6, 6.07) is 6.69. The first-order valence-electron chi connectivity index (χ1n) is 6.79. The number of rotatable bonds is 4. The van der Waals surface area contributed by atoms with Crippen LogP contribution in [0.25, 0.3) is 0 Å². The van der Waals surface area contributed by atoms with E-state index in [4.69, 9.17) is 0 Å². The summed E-state index contributed by atoms with van der Waals surface area (Å²) < 4.78 is 0. The van der Waals surface area contributed by atoms with Crippen LogP contribution in [0.4, 0.5) is 0 Å². The molecule has 0 fully saturated rings. The Labute approximate surface area is 110 Å². The van der Waals surface area contributed by atoms with Crippen LogP contribution >= 0.6 is 0 Å². The third-order valence-corrected chi connectivity index (χ3v) is 3.98. The van der Waals surface area contributed by atoms with Crippen LogP contribution in [-0.4, -0.2) is 36.7 Å². The second-order valence-electron chi connectivity index (χ2n) is 5.55. The molecule has 3 nitrogen and oxygen atoms in total. The van der Waals surface area contributed by atoms with Gasteiger partial charge >= 0.3 is 0 Å². The van der Waals surface area contributed by atoms with Gasteiger partial charge in [0.15, 0.2) is 0 Å². The molecule has 1 aliphatic carbocycles. The fraction of sp³-hybridized carbons (Fsp3) is 0.600. The third kappa shape index (κ3) is 3.03. The summed E-state index contributed by atoms with van der Waals surface area (Å²) in [6.07, 6.45) is 3.53. The van der Waals surface area contributed by atoms with Gasteiger partial charge in [-0.05, 0) is 63.5 Å². The minimum absolute atomic E-state index is 0.378. The molecule has 0 aromatic heterocycles. The van der Waals surface area contributed by atoms with E-state index in [0.29, 0.717) is 17.8 Å². The highest BCUT2D eigenvalue weighted by Crippen LogP contribution is 2.32. The molecule has 0 bridgehead atoms. The van der Waals surface area contributed by atoms with Crippen LogP contribution in [0, 0.1) is 0 Å². The average Bonchev–Trinajstić information content (AvgIpc) is 2.35. The summed E-state index contributed by atoms with van der Waals surface area (Å²) in [4.78, 5) is 2.22. The number of nitrogens with zero attached hydrogens (tertiary/aromatic N) is 1. The Morgan fingerprint density at radius 3 is 2.94 bits per heavy atom. The van der Waals surface area contributed by atoms with Crippen molar-refractivity contribution in [2.24, 2.45) is 0 Å². The molecular formula is C15H24N2O. The Morgan fingerprint density at radius 2 is 2.22 bits per heavy atom. The minimum atomic E-state index is 0.378. The summed E-state index contributed by atoms with van der Waals surface area (Å²) in [7, 11) is 4.21. The van der Waals surface area contributed by atoms with Crippen LogP contribution in [0.2, 0.25) is 0 Å². The van der Waals surface area contributed by atoms with Gasteiger partial charge in [-0.1, -0.05) is 6.07 Å². The van der Waals surface area contributed by atoms with Crippen molar-refractivity contribution in [1.82, 2.24) is 10.2 Å². The topological polar surface area (TPSA) is 35.5 Å². The van der Waals surface area contributed by atoms with E-state index < -0.39 is 0 Å². The number of benzene rings is 1. The molecule has 18 heavy (non-hydrogen) atoms. The minimum Gasteiger partial charge on any atom is -0.508 e. The summed E-state index contributed by atoms with van der Waals surface area (Å²) in [5.74, 6) is 0.378. The second kappa shape index (κ2) is 5.72. The maximum Gasteiger partial charge on any atom is 0.115 e. The van der Waals surface area contributed by atoms with Gasteiger partial charge in [0.05, 0.1) is 0 Å². The first-order valence-corrected chi connectivity index (χ1v) is 6.79. The zero-order chi connectivity index (χ0) is 13.1. The van der Waals surface area contributed by atoms with Crippen molar-refractivity contribution >= 4 is 0 Å². The van der Waals surface area contributed by atoms with Crippen molar-refractivity contribution in [3.8, 4) is 5.75 Å². The molecule has 0 amide bonds. The first-order chi connectivity index (χ1) is 8.58. The van der Waals surface area contributed by atoms with E-state index >= 15 is 0 Å². The average molecular weight is 248 g/mol. The van der Waals surface area contributed by atoms with Crippen LogP contribution in [0.1, 0.15) is 36.9 Å². The molecule has 0 radical (unpaired) electrons. The maximum atomic E-state index is 9.64.